The molecule has 2 fully saturated rings. The van der Waals surface area contributed by atoms with Crippen LogP contribution in [-0.2, 0) is 26.5 Å². The van der Waals surface area contributed by atoms with Gasteiger partial charge in [0.1, 0.15) is 5.75 Å². The van der Waals surface area contributed by atoms with Crippen LogP contribution in [0.4, 0.5) is 11.4 Å². The summed E-state index contributed by atoms with van der Waals surface area (Å²) >= 11 is 0. The molecular formula is C50H65N5O5Si. The normalized spacial score (nSPS) is 22.6. The van der Waals surface area contributed by atoms with Gasteiger partial charge in [0, 0.05) is 49.4 Å². The van der Waals surface area contributed by atoms with Crippen molar-refractivity contribution in [2.24, 2.45) is 5.92 Å². The summed E-state index contributed by atoms with van der Waals surface area (Å²) in [6.07, 6.45) is 13.1. The van der Waals surface area contributed by atoms with Crippen molar-refractivity contribution in [1.29, 1.82) is 0 Å². The average molecular weight is 844 g/mol. The van der Waals surface area contributed by atoms with Crippen LogP contribution in [-0.4, -0.2) is 72.9 Å². The van der Waals surface area contributed by atoms with Crippen molar-refractivity contribution in [1.82, 2.24) is 15.0 Å². The number of nitrogens with zero attached hydrogens (tertiary/aromatic N) is 5. The van der Waals surface area contributed by atoms with Gasteiger partial charge < -0.3 is 24.4 Å². The first-order valence-electron chi connectivity index (χ1n) is 22.3. The molecule has 324 valence electrons. The molecule has 3 aromatic carbocycles. The average Bonchev–Trinajstić information content (AvgIpc) is 3.91. The van der Waals surface area contributed by atoms with Crippen molar-refractivity contribution < 1.29 is 24.2 Å². The number of rotatable bonds is 15. The Hall–Kier alpha value is -4.84. The highest BCUT2D eigenvalue weighted by atomic mass is 28.3. The predicted octanol–water partition coefficient (Wildman–Crippen LogP) is 9.05. The van der Waals surface area contributed by atoms with Gasteiger partial charge in [-0.25, -0.2) is 0 Å². The molecule has 10 nitrogen and oxygen atoms in total. The smallest absolute Gasteiger partial charge is 0.264 e. The van der Waals surface area contributed by atoms with Gasteiger partial charge in [-0.15, -0.1) is 5.10 Å². The molecule has 1 unspecified atom stereocenters. The van der Waals surface area contributed by atoms with Crippen molar-refractivity contribution >= 4 is 36.4 Å². The SMILES string of the molecule is COc1ccc([Si](C)(C)[C@@H]2[C@@H](CCn3cc(C(CO)c4ccccc4)nn3)O[C@]3(C(=O)N(C/C=C(\C)CCC=C(C)C)c4ccc(N5CCCCCCC5=O)cc43)[C@H]2C)cc1. The van der Waals surface area contributed by atoms with Crippen molar-refractivity contribution in [3.05, 3.63) is 119 Å². The summed E-state index contributed by atoms with van der Waals surface area (Å²) in [5.41, 5.74) is 5.56. The Labute approximate surface area is 363 Å². The van der Waals surface area contributed by atoms with Gasteiger partial charge in [0.15, 0.2) is 5.60 Å². The van der Waals surface area contributed by atoms with E-state index in [1.165, 1.54) is 16.3 Å². The van der Waals surface area contributed by atoms with E-state index in [1.54, 1.807) is 7.11 Å². The van der Waals surface area contributed by atoms with E-state index in [-0.39, 0.29) is 41.9 Å². The Bertz CT molecular complexity index is 2210. The number of aliphatic hydroxyl groups is 1. The Morgan fingerprint density at radius 2 is 1.75 bits per heavy atom. The van der Waals surface area contributed by atoms with Gasteiger partial charge in [0.25, 0.3) is 5.91 Å². The molecule has 3 aliphatic rings. The highest BCUT2D eigenvalue weighted by Gasteiger charge is 2.66. The summed E-state index contributed by atoms with van der Waals surface area (Å²) in [7, 11) is -0.730. The molecule has 2 amide bonds. The second kappa shape index (κ2) is 19.0. The van der Waals surface area contributed by atoms with Crippen LogP contribution in [0.5, 0.6) is 5.75 Å². The van der Waals surface area contributed by atoms with Crippen LogP contribution in [0.25, 0.3) is 0 Å². The van der Waals surface area contributed by atoms with Crippen LogP contribution in [0, 0.1) is 5.92 Å². The standard InChI is InChI=1S/C50H65N5O5Si/c1-35(2)16-15-17-36(3)27-31-55-45-26-21-39(54-29-14-9-8-13-20-47(54)57)32-43(45)50(49(55)58)37(4)48(61(6,7)41-24-22-40(59-5)23-25-41)46(60-50)28-30-53-33-44(51-52-53)42(34-56)38-18-11-10-12-19-38/h10-12,16,18-19,21-27,32-33,37,42,46,48,56H,8-9,13-15,17,20,28-31,34H2,1-7H3/b36-27+/t37-,42?,46+,48-,50+/m0/s1. The molecule has 0 aliphatic carbocycles. The van der Waals surface area contributed by atoms with Crippen LogP contribution in [0.1, 0.15) is 102 Å². The largest absolute Gasteiger partial charge is 0.497 e. The number of fused-ring (bicyclic) bond motifs is 2. The van der Waals surface area contributed by atoms with Gasteiger partial charge in [-0.1, -0.05) is 109 Å². The fourth-order valence-corrected chi connectivity index (χ4v) is 14.2. The first-order valence-corrected chi connectivity index (χ1v) is 25.4. The Balaban J connectivity index is 1.29. The molecule has 4 heterocycles. The molecule has 5 atom stereocenters. The zero-order valence-electron chi connectivity index (χ0n) is 37.3. The summed E-state index contributed by atoms with van der Waals surface area (Å²) in [4.78, 5) is 33.1. The fourth-order valence-electron chi connectivity index (χ4n) is 10.2. The molecule has 7 rings (SSSR count). The lowest BCUT2D eigenvalue weighted by molar-refractivity contribution is -0.145. The van der Waals surface area contributed by atoms with E-state index in [0.717, 1.165) is 66.8 Å². The number of allylic oxidation sites excluding steroid dienone is 3. The first-order chi connectivity index (χ1) is 29.4. The number of aryl methyl sites for hydroxylation is 1. The van der Waals surface area contributed by atoms with Crippen molar-refractivity contribution in [2.45, 2.75) is 122 Å². The molecule has 4 aromatic rings. The minimum Gasteiger partial charge on any atom is -0.497 e. The summed E-state index contributed by atoms with van der Waals surface area (Å²) in [6, 6.07) is 24.5. The van der Waals surface area contributed by atoms with Crippen molar-refractivity contribution in [2.75, 3.05) is 36.6 Å². The van der Waals surface area contributed by atoms with Crippen molar-refractivity contribution in [3.8, 4) is 5.75 Å². The molecule has 0 bridgehead atoms. The lowest BCUT2D eigenvalue weighted by atomic mass is 9.82. The summed E-state index contributed by atoms with van der Waals surface area (Å²) in [5, 5.41) is 20.7. The molecular weight excluding hydrogens is 779 g/mol. The summed E-state index contributed by atoms with van der Waals surface area (Å²) in [5.74, 6) is 0.428. The van der Waals surface area contributed by atoms with E-state index in [0.29, 0.717) is 38.2 Å². The molecule has 1 aromatic heterocycles. The molecule has 11 heteroatoms. The number of carbonyl (C=O) groups excluding carboxylic acids is 2. The third-order valence-electron chi connectivity index (χ3n) is 13.6. The lowest BCUT2D eigenvalue weighted by Crippen LogP contribution is -2.52. The van der Waals surface area contributed by atoms with Gasteiger partial charge in [-0.05, 0) is 94.3 Å². The third kappa shape index (κ3) is 9.06. The minimum absolute atomic E-state index is 0.0310. The molecule has 2 saturated heterocycles. The number of ether oxygens (including phenoxy) is 2. The number of benzene rings is 3. The van der Waals surface area contributed by atoms with Crippen LogP contribution in [0.15, 0.2) is 102 Å². The Morgan fingerprint density at radius 1 is 1.00 bits per heavy atom. The number of aliphatic hydroxyl groups excluding tert-OH is 1. The molecule has 3 aliphatic heterocycles. The van der Waals surface area contributed by atoms with Gasteiger partial charge in [0.05, 0.1) is 45.2 Å². The Morgan fingerprint density at radius 3 is 2.48 bits per heavy atom. The second-order valence-electron chi connectivity index (χ2n) is 18.2. The van der Waals surface area contributed by atoms with Gasteiger partial charge >= 0.3 is 0 Å². The van der Waals surface area contributed by atoms with Crippen LogP contribution in [0.2, 0.25) is 18.6 Å². The van der Waals surface area contributed by atoms with E-state index in [4.69, 9.17) is 9.47 Å². The quantitative estimate of drug-likeness (QED) is 0.0940. The van der Waals surface area contributed by atoms with Crippen LogP contribution < -0.4 is 19.7 Å². The zero-order chi connectivity index (χ0) is 43.3. The highest BCUT2D eigenvalue weighted by Crippen LogP contribution is 2.60. The minimum atomic E-state index is -2.42. The maximum atomic E-state index is 15.6. The van der Waals surface area contributed by atoms with Gasteiger partial charge in [-0.2, -0.15) is 0 Å². The maximum absolute atomic E-state index is 15.6. The molecule has 1 N–H and O–H groups in total. The lowest BCUT2D eigenvalue weighted by Gasteiger charge is -2.37. The number of hydrogen-bond donors (Lipinski definition) is 1. The number of methoxy groups -OCH3 is 1. The number of aromatic nitrogens is 3. The van der Waals surface area contributed by atoms with E-state index < -0.39 is 13.7 Å². The molecule has 1 spiro atoms. The van der Waals surface area contributed by atoms with E-state index in [1.807, 2.05) is 69.2 Å². The maximum Gasteiger partial charge on any atom is 0.264 e. The summed E-state index contributed by atoms with van der Waals surface area (Å²) in [6.45, 7) is 15.0. The molecule has 0 saturated carbocycles. The highest BCUT2D eigenvalue weighted by molar-refractivity contribution is 6.91. The van der Waals surface area contributed by atoms with Crippen LogP contribution in [0.3, 0.4) is 0 Å². The first kappa shape index (κ1) is 44.2. The van der Waals surface area contributed by atoms with E-state index >= 15 is 4.79 Å². The molecule has 0 radical (unpaired) electrons. The number of carbonyl (C=O) groups is 2. The van der Waals surface area contributed by atoms with E-state index in [9.17, 15) is 9.90 Å². The van der Waals surface area contributed by atoms with Gasteiger partial charge in [-0.3, -0.25) is 14.3 Å². The zero-order valence-corrected chi connectivity index (χ0v) is 38.3. The summed E-state index contributed by atoms with van der Waals surface area (Å²) < 4.78 is 14.9. The Kier molecular flexibility index (Phi) is 13.8. The third-order valence-corrected chi connectivity index (χ3v) is 18.0. The number of amides is 2. The fraction of sp³-hybridized carbons (Fsp3) is 0.480. The predicted molar refractivity (Wildman–Crippen MR) is 246 cm³/mol. The second-order valence-corrected chi connectivity index (χ2v) is 22.9. The number of anilines is 2. The topological polar surface area (TPSA) is 110 Å². The van der Waals surface area contributed by atoms with Crippen LogP contribution >= 0.6 is 0 Å². The number of hydrogen-bond acceptors (Lipinski definition) is 7. The van der Waals surface area contributed by atoms with Gasteiger partial charge in [0.2, 0.25) is 5.91 Å². The van der Waals surface area contributed by atoms with E-state index in [2.05, 4.69) is 87.5 Å². The van der Waals surface area contributed by atoms with Crippen molar-refractivity contribution in [3.63, 3.8) is 0 Å². The monoisotopic (exact) mass is 843 g/mol. The molecule has 61 heavy (non-hydrogen) atoms.